The number of methoxy groups -OCH3 is 2. The van der Waals surface area contributed by atoms with Gasteiger partial charge < -0.3 is 19.9 Å². The van der Waals surface area contributed by atoms with E-state index in [0.29, 0.717) is 10.6 Å². The van der Waals surface area contributed by atoms with Crippen LogP contribution in [0.4, 0.5) is 5.69 Å². The van der Waals surface area contributed by atoms with Crippen LogP contribution in [-0.4, -0.2) is 36.2 Å². The Hall–Kier alpha value is -2.61. The summed E-state index contributed by atoms with van der Waals surface area (Å²) in [6.07, 6.45) is 0. The molecule has 1 aromatic heterocycles. The Labute approximate surface area is 156 Å². The predicted molar refractivity (Wildman–Crippen MR) is 100 cm³/mol. The molecule has 0 radical (unpaired) electrons. The number of anilines is 1. The summed E-state index contributed by atoms with van der Waals surface area (Å²) in [7, 11) is 2.82. The Morgan fingerprint density at radius 2 is 1.85 bits per heavy atom. The highest BCUT2D eigenvalue weighted by Gasteiger charge is 2.24. The van der Waals surface area contributed by atoms with E-state index in [1.165, 1.54) is 37.7 Å². The first-order valence-corrected chi connectivity index (χ1v) is 8.68. The third-order valence-corrected chi connectivity index (χ3v) is 5.20. The first-order valence-electron chi connectivity index (χ1n) is 7.87. The number of carbonyl (C=O) groups excluding carboxylic acids is 1. The lowest BCUT2D eigenvalue weighted by atomic mass is 9.98. The smallest absolute Gasteiger partial charge is 0.335 e. The molecule has 0 aliphatic heterocycles. The van der Waals surface area contributed by atoms with Crippen LogP contribution in [0.15, 0.2) is 12.1 Å². The first kappa shape index (κ1) is 19.7. The highest BCUT2D eigenvalue weighted by Crippen LogP contribution is 2.37. The SMILES string of the molecule is COc1cc(C(=O)O)cc(NC(=O)c2sc(C(C)(C)C)nc2C)c1OC. The number of amides is 1. The minimum atomic E-state index is -1.13. The van der Waals surface area contributed by atoms with Crippen molar-refractivity contribution in [2.75, 3.05) is 19.5 Å². The largest absolute Gasteiger partial charge is 0.493 e. The summed E-state index contributed by atoms with van der Waals surface area (Å²) in [6, 6.07) is 2.68. The Morgan fingerprint density at radius 1 is 1.19 bits per heavy atom. The molecule has 2 aromatic rings. The van der Waals surface area contributed by atoms with Gasteiger partial charge in [0.05, 0.1) is 36.2 Å². The van der Waals surface area contributed by atoms with E-state index in [9.17, 15) is 14.7 Å². The van der Waals surface area contributed by atoms with Gasteiger partial charge in [-0.05, 0) is 19.1 Å². The second-order valence-corrected chi connectivity index (χ2v) is 7.70. The zero-order chi connectivity index (χ0) is 19.6. The van der Waals surface area contributed by atoms with Crippen LogP contribution in [-0.2, 0) is 5.41 Å². The Bertz CT molecular complexity index is 852. The van der Waals surface area contributed by atoms with Gasteiger partial charge in [-0.3, -0.25) is 4.79 Å². The van der Waals surface area contributed by atoms with Gasteiger partial charge in [0.2, 0.25) is 0 Å². The number of ether oxygens (including phenoxy) is 2. The van der Waals surface area contributed by atoms with Gasteiger partial charge in [0, 0.05) is 5.41 Å². The normalized spacial score (nSPS) is 11.2. The fraction of sp³-hybridized carbons (Fsp3) is 0.389. The molecule has 2 rings (SSSR count). The van der Waals surface area contributed by atoms with Crippen molar-refractivity contribution >= 4 is 28.9 Å². The molecule has 0 bridgehead atoms. The minimum Gasteiger partial charge on any atom is -0.493 e. The molecular weight excluding hydrogens is 356 g/mol. The number of aryl methyl sites for hydroxylation is 1. The number of nitrogens with zero attached hydrogens (tertiary/aromatic N) is 1. The molecule has 26 heavy (non-hydrogen) atoms. The lowest BCUT2D eigenvalue weighted by molar-refractivity contribution is 0.0696. The van der Waals surface area contributed by atoms with Crippen LogP contribution in [0, 0.1) is 6.92 Å². The highest BCUT2D eigenvalue weighted by atomic mass is 32.1. The van der Waals surface area contributed by atoms with Crippen molar-refractivity contribution in [2.45, 2.75) is 33.1 Å². The summed E-state index contributed by atoms with van der Waals surface area (Å²) in [4.78, 5) is 29.0. The number of carbonyl (C=O) groups is 2. The predicted octanol–water partition coefficient (Wildman–Crippen LogP) is 3.72. The lowest BCUT2D eigenvalue weighted by Gasteiger charge is -2.15. The average Bonchev–Trinajstić information content (AvgIpc) is 2.96. The van der Waals surface area contributed by atoms with E-state index >= 15 is 0 Å². The molecule has 1 amide bonds. The quantitative estimate of drug-likeness (QED) is 0.823. The second-order valence-electron chi connectivity index (χ2n) is 6.70. The molecular formula is C18H22N2O5S. The number of hydrogen-bond acceptors (Lipinski definition) is 6. The van der Waals surface area contributed by atoms with Gasteiger partial charge in [0.25, 0.3) is 5.91 Å². The topological polar surface area (TPSA) is 97.8 Å². The van der Waals surface area contributed by atoms with Crippen molar-refractivity contribution < 1.29 is 24.2 Å². The zero-order valence-electron chi connectivity index (χ0n) is 15.6. The highest BCUT2D eigenvalue weighted by molar-refractivity contribution is 7.14. The maximum Gasteiger partial charge on any atom is 0.335 e. The lowest BCUT2D eigenvalue weighted by Crippen LogP contribution is -2.13. The van der Waals surface area contributed by atoms with E-state index in [0.717, 1.165) is 5.01 Å². The third-order valence-electron chi connectivity index (χ3n) is 3.62. The first-order chi connectivity index (χ1) is 12.1. The Kier molecular flexibility index (Phi) is 5.56. The Balaban J connectivity index is 2.44. The monoisotopic (exact) mass is 378 g/mol. The summed E-state index contributed by atoms with van der Waals surface area (Å²) in [5.41, 5.74) is 0.657. The number of thiazole rings is 1. The summed E-state index contributed by atoms with van der Waals surface area (Å²) in [5, 5.41) is 12.8. The van der Waals surface area contributed by atoms with Crippen LogP contribution in [0.25, 0.3) is 0 Å². The number of rotatable bonds is 5. The molecule has 7 nitrogen and oxygen atoms in total. The van der Waals surface area contributed by atoms with Crippen LogP contribution in [0.1, 0.15) is 51.5 Å². The van der Waals surface area contributed by atoms with Crippen molar-refractivity contribution in [3.8, 4) is 11.5 Å². The van der Waals surface area contributed by atoms with Gasteiger partial charge in [-0.2, -0.15) is 0 Å². The molecule has 0 saturated heterocycles. The van der Waals surface area contributed by atoms with E-state index in [1.807, 2.05) is 20.8 Å². The molecule has 8 heteroatoms. The summed E-state index contributed by atoms with van der Waals surface area (Å²) in [5.74, 6) is -1.04. The van der Waals surface area contributed by atoms with E-state index in [-0.39, 0.29) is 34.1 Å². The summed E-state index contributed by atoms with van der Waals surface area (Å²) >= 11 is 1.32. The van der Waals surface area contributed by atoms with Crippen molar-refractivity contribution in [3.05, 3.63) is 33.3 Å². The summed E-state index contributed by atoms with van der Waals surface area (Å²) in [6.45, 7) is 7.84. The van der Waals surface area contributed by atoms with E-state index in [4.69, 9.17) is 9.47 Å². The molecule has 0 spiro atoms. The fourth-order valence-corrected chi connectivity index (χ4v) is 3.31. The standard InChI is InChI=1S/C18H22N2O5S/c1-9-14(26-17(19-9)18(2,3)4)15(21)20-11-7-10(16(22)23)8-12(24-5)13(11)25-6/h7-8H,1-6H3,(H,20,21)(H,22,23). The van der Waals surface area contributed by atoms with Gasteiger partial charge >= 0.3 is 5.97 Å². The van der Waals surface area contributed by atoms with Gasteiger partial charge in [-0.25, -0.2) is 9.78 Å². The molecule has 0 saturated carbocycles. The van der Waals surface area contributed by atoms with Gasteiger partial charge in [-0.1, -0.05) is 20.8 Å². The number of carboxylic acids is 1. The van der Waals surface area contributed by atoms with Gasteiger partial charge in [-0.15, -0.1) is 11.3 Å². The molecule has 1 heterocycles. The molecule has 0 aliphatic carbocycles. The molecule has 0 aliphatic rings. The minimum absolute atomic E-state index is 0.0191. The number of hydrogen-bond donors (Lipinski definition) is 2. The molecule has 140 valence electrons. The molecule has 0 fully saturated rings. The van der Waals surface area contributed by atoms with Crippen molar-refractivity contribution in [3.63, 3.8) is 0 Å². The molecule has 2 N–H and O–H groups in total. The van der Waals surface area contributed by atoms with Crippen molar-refractivity contribution in [1.29, 1.82) is 0 Å². The van der Waals surface area contributed by atoms with E-state index < -0.39 is 5.97 Å². The van der Waals surface area contributed by atoms with Crippen molar-refractivity contribution in [2.24, 2.45) is 0 Å². The number of carboxylic acid groups (broad SMARTS) is 1. The maximum absolute atomic E-state index is 12.7. The van der Waals surface area contributed by atoms with Crippen LogP contribution in [0.3, 0.4) is 0 Å². The average molecular weight is 378 g/mol. The molecule has 0 atom stereocenters. The third kappa shape index (κ3) is 3.96. The van der Waals surface area contributed by atoms with Crippen LogP contribution in [0.2, 0.25) is 0 Å². The van der Waals surface area contributed by atoms with Gasteiger partial charge in [0.1, 0.15) is 4.88 Å². The number of nitrogens with one attached hydrogen (secondary N) is 1. The van der Waals surface area contributed by atoms with Crippen LogP contribution < -0.4 is 14.8 Å². The van der Waals surface area contributed by atoms with Crippen LogP contribution in [0.5, 0.6) is 11.5 Å². The van der Waals surface area contributed by atoms with E-state index in [2.05, 4.69) is 10.3 Å². The second kappa shape index (κ2) is 7.33. The summed E-state index contributed by atoms with van der Waals surface area (Å²) < 4.78 is 10.5. The molecule has 1 aromatic carbocycles. The Morgan fingerprint density at radius 3 is 2.31 bits per heavy atom. The number of benzene rings is 1. The van der Waals surface area contributed by atoms with Crippen molar-refractivity contribution in [1.82, 2.24) is 4.98 Å². The number of aromatic carboxylic acids is 1. The maximum atomic E-state index is 12.7. The van der Waals surface area contributed by atoms with Crippen LogP contribution >= 0.6 is 11.3 Å². The number of aromatic nitrogens is 1. The van der Waals surface area contributed by atoms with Gasteiger partial charge in [0.15, 0.2) is 11.5 Å². The van der Waals surface area contributed by atoms with E-state index in [1.54, 1.807) is 6.92 Å². The fourth-order valence-electron chi connectivity index (χ4n) is 2.29. The molecule has 0 unspecified atom stereocenters. The zero-order valence-corrected chi connectivity index (χ0v) is 16.4.